The Morgan fingerprint density at radius 1 is 0.493 bits per heavy atom. The Hall–Kier alpha value is -8.76. The second kappa shape index (κ2) is 25.9. The fourth-order valence-electron chi connectivity index (χ4n) is 7.20. The third-order valence-electron chi connectivity index (χ3n) is 11.0. The molecule has 6 aromatic rings. The van der Waals surface area contributed by atoms with Crippen molar-refractivity contribution >= 4 is 35.5 Å². The average molecular weight is 997 g/mol. The van der Waals surface area contributed by atoms with Crippen LogP contribution >= 0.6 is 0 Å². The maximum absolute atomic E-state index is 15.1. The molecule has 0 radical (unpaired) electrons. The standard InChI is InChI=1S/C57H52F4N4O8/c58-56(59,45-15-27-49(28-16-45)68-35-3-1-33-62)72-51-23-9-41(10-24-51)13-31-53(66)70-39-55(37-43-5-19-47(64)20-6-43,38-44-7-21-48(65)22-8-44)40-71-54(67)32-14-42-11-25-52(26-12-42)73-57(60,61)46-17-29-50(30-18-46)69-36-4-2-34-63/h5-32H,1-4,35-40,64-65H2/b31-13+,32-14+. The lowest BCUT2D eigenvalue weighted by atomic mass is 9.77. The summed E-state index contributed by atoms with van der Waals surface area (Å²) in [6.07, 6.45) is 0.151. The highest BCUT2D eigenvalue weighted by molar-refractivity contribution is 5.87. The SMILES string of the molecule is N#CCCCOc1ccc(C(F)(F)Oc2ccc(/C=C/C(=O)OCC(COC(=O)/C=C/c3ccc(OC(F)(F)c4ccc(OCCCC#N)cc4)cc3)(Cc3ccc(N)cc3)Cc3ccc(N)cc3)cc2)cc1. The Kier molecular flexibility index (Phi) is 19.0. The quantitative estimate of drug-likeness (QED) is 0.0172. The summed E-state index contributed by atoms with van der Waals surface area (Å²) < 4.78 is 93.0. The van der Waals surface area contributed by atoms with Crippen LogP contribution in [0.5, 0.6) is 23.0 Å². The minimum absolute atomic E-state index is 0.122. The zero-order valence-corrected chi connectivity index (χ0v) is 39.6. The summed E-state index contributed by atoms with van der Waals surface area (Å²) in [6, 6.07) is 39.9. The third-order valence-corrected chi connectivity index (χ3v) is 11.0. The number of nitriles is 2. The molecule has 0 amide bonds. The fraction of sp³-hybridized carbons (Fsp3) is 0.228. The van der Waals surface area contributed by atoms with Gasteiger partial charge in [-0.25, -0.2) is 9.59 Å². The molecule has 0 spiro atoms. The van der Waals surface area contributed by atoms with Gasteiger partial charge in [-0.3, -0.25) is 0 Å². The van der Waals surface area contributed by atoms with Gasteiger partial charge in [-0.2, -0.15) is 28.1 Å². The number of rotatable bonds is 26. The van der Waals surface area contributed by atoms with Gasteiger partial charge in [0.2, 0.25) is 0 Å². The van der Waals surface area contributed by atoms with E-state index >= 15 is 17.6 Å². The van der Waals surface area contributed by atoms with Crippen molar-refractivity contribution in [3.63, 3.8) is 0 Å². The molecule has 73 heavy (non-hydrogen) atoms. The number of nitrogen functional groups attached to an aromatic ring is 2. The number of hydrogen-bond donors (Lipinski definition) is 2. The van der Waals surface area contributed by atoms with Crippen LogP contribution in [0.15, 0.2) is 158 Å². The van der Waals surface area contributed by atoms with Gasteiger partial charge in [0.15, 0.2) is 0 Å². The monoisotopic (exact) mass is 996 g/mol. The number of alkyl halides is 4. The van der Waals surface area contributed by atoms with Gasteiger partial charge in [0.25, 0.3) is 0 Å². The van der Waals surface area contributed by atoms with Crippen LogP contribution in [0, 0.1) is 28.1 Å². The molecule has 0 aromatic heterocycles. The molecule has 16 heteroatoms. The van der Waals surface area contributed by atoms with Crippen LogP contribution in [0.4, 0.5) is 28.9 Å². The van der Waals surface area contributed by atoms with Crippen LogP contribution < -0.4 is 30.4 Å². The van der Waals surface area contributed by atoms with Crippen molar-refractivity contribution in [2.75, 3.05) is 37.9 Å². The van der Waals surface area contributed by atoms with E-state index in [1.54, 1.807) is 24.3 Å². The molecule has 0 fully saturated rings. The minimum atomic E-state index is -3.67. The predicted molar refractivity (Wildman–Crippen MR) is 267 cm³/mol. The molecule has 6 aromatic carbocycles. The summed E-state index contributed by atoms with van der Waals surface area (Å²) in [7, 11) is 0. The first-order chi connectivity index (χ1) is 35.1. The number of unbranched alkanes of at least 4 members (excludes halogenated alkanes) is 2. The van der Waals surface area contributed by atoms with Crippen molar-refractivity contribution in [2.24, 2.45) is 5.41 Å². The minimum Gasteiger partial charge on any atom is -0.494 e. The van der Waals surface area contributed by atoms with Crippen LogP contribution in [-0.4, -0.2) is 38.4 Å². The molecule has 0 saturated carbocycles. The van der Waals surface area contributed by atoms with E-state index in [4.69, 9.17) is 50.4 Å². The lowest BCUT2D eigenvalue weighted by Gasteiger charge is -2.33. The number of halogens is 4. The normalized spacial score (nSPS) is 11.6. The Labute approximate surface area is 420 Å². The molecule has 0 aliphatic heterocycles. The van der Waals surface area contributed by atoms with Crippen molar-refractivity contribution in [2.45, 2.75) is 50.7 Å². The third kappa shape index (κ3) is 17.3. The van der Waals surface area contributed by atoms with E-state index in [2.05, 4.69) is 0 Å². The molecule has 376 valence electrons. The van der Waals surface area contributed by atoms with Gasteiger partial charge < -0.3 is 39.9 Å². The fourth-order valence-corrected chi connectivity index (χ4v) is 7.20. The Morgan fingerprint density at radius 2 is 0.836 bits per heavy atom. The molecular formula is C57H52F4N4O8. The van der Waals surface area contributed by atoms with E-state index in [-0.39, 0.29) is 50.8 Å². The van der Waals surface area contributed by atoms with Crippen LogP contribution in [-0.2, 0) is 44.1 Å². The zero-order chi connectivity index (χ0) is 52.1. The number of carbonyl (C=O) groups is 2. The first-order valence-electron chi connectivity index (χ1n) is 23.1. The second-order valence-corrected chi connectivity index (χ2v) is 16.9. The van der Waals surface area contributed by atoms with Gasteiger partial charge >= 0.3 is 24.2 Å². The number of hydrogen-bond acceptors (Lipinski definition) is 12. The van der Waals surface area contributed by atoms with Crippen molar-refractivity contribution < 1.29 is 55.6 Å². The molecule has 0 saturated heterocycles. The van der Waals surface area contributed by atoms with E-state index in [0.717, 1.165) is 11.1 Å². The van der Waals surface area contributed by atoms with E-state index in [1.165, 1.54) is 121 Å². The zero-order valence-electron chi connectivity index (χ0n) is 39.6. The maximum Gasteiger partial charge on any atom is 0.426 e. The molecule has 0 aliphatic carbocycles. The van der Waals surface area contributed by atoms with Crippen molar-refractivity contribution in [1.29, 1.82) is 10.5 Å². The number of anilines is 2. The average Bonchev–Trinajstić information content (AvgIpc) is 3.38. The Morgan fingerprint density at radius 3 is 1.18 bits per heavy atom. The molecule has 6 rings (SSSR count). The number of ether oxygens (including phenoxy) is 6. The summed E-state index contributed by atoms with van der Waals surface area (Å²) in [4.78, 5) is 26.7. The van der Waals surface area contributed by atoms with Gasteiger partial charge in [-0.05, 0) is 157 Å². The number of nitrogens with two attached hydrogens (primary N) is 2. The summed E-state index contributed by atoms with van der Waals surface area (Å²) in [5.41, 5.74) is 13.8. The molecule has 0 atom stereocenters. The number of esters is 2. The van der Waals surface area contributed by atoms with E-state index in [1.807, 2.05) is 36.4 Å². The Bertz CT molecular complexity index is 2670. The van der Waals surface area contributed by atoms with Crippen LogP contribution in [0.3, 0.4) is 0 Å². The van der Waals surface area contributed by atoms with Gasteiger partial charge in [-0.1, -0.05) is 48.5 Å². The van der Waals surface area contributed by atoms with Crippen LogP contribution in [0.2, 0.25) is 0 Å². The lowest BCUT2D eigenvalue weighted by molar-refractivity contribution is -0.186. The summed E-state index contributed by atoms with van der Waals surface area (Å²) in [5, 5.41) is 17.3. The summed E-state index contributed by atoms with van der Waals surface area (Å²) >= 11 is 0. The Balaban J connectivity index is 1.09. The van der Waals surface area contributed by atoms with E-state index in [0.29, 0.717) is 59.7 Å². The highest BCUT2D eigenvalue weighted by Crippen LogP contribution is 2.35. The molecule has 0 unspecified atom stereocenters. The number of benzene rings is 6. The van der Waals surface area contributed by atoms with Gasteiger partial charge in [-0.15, -0.1) is 0 Å². The van der Waals surface area contributed by atoms with Crippen molar-refractivity contribution in [3.8, 4) is 35.1 Å². The highest BCUT2D eigenvalue weighted by atomic mass is 19.3. The van der Waals surface area contributed by atoms with E-state index < -0.39 is 40.7 Å². The largest absolute Gasteiger partial charge is 0.494 e. The first-order valence-corrected chi connectivity index (χ1v) is 23.1. The van der Waals surface area contributed by atoms with Gasteiger partial charge in [0.05, 0.1) is 36.5 Å². The van der Waals surface area contributed by atoms with Crippen molar-refractivity contribution in [3.05, 3.63) is 191 Å². The number of nitrogens with zero attached hydrogens (tertiary/aromatic N) is 2. The second-order valence-electron chi connectivity index (χ2n) is 16.9. The molecule has 0 aliphatic rings. The first kappa shape index (κ1) is 53.6. The molecule has 4 N–H and O–H groups in total. The highest BCUT2D eigenvalue weighted by Gasteiger charge is 2.37. The molecule has 12 nitrogen and oxygen atoms in total. The molecule has 0 heterocycles. The van der Waals surface area contributed by atoms with Crippen molar-refractivity contribution in [1.82, 2.24) is 0 Å². The van der Waals surface area contributed by atoms with Gasteiger partial charge in [0.1, 0.15) is 36.2 Å². The van der Waals surface area contributed by atoms with Crippen LogP contribution in [0.1, 0.15) is 59.1 Å². The smallest absolute Gasteiger partial charge is 0.426 e. The topological polar surface area (TPSA) is 189 Å². The maximum atomic E-state index is 15.1. The van der Waals surface area contributed by atoms with Gasteiger partial charge in [0, 0.05) is 41.8 Å². The van der Waals surface area contributed by atoms with E-state index in [9.17, 15) is 9.59 Å². The molecule has 0 bridgehead atoms. The van der Waals surface area contributed by atoms with Crippen LogP contribution in [0.25, 0.3) is 12.2 Å². The lowest BCUT2D eigenvalue weighted by Crippen LogP contribution is -2.38. The summed E-state index contributed by atoms with van der Waals surface area (Å²) in [5.74, 6) is -0.935. The number of carbonyl (C=O) groups excluding carboxylic acids is 2. The molecular weight excluding hydrogens is 945 g/mol. The predicted octanol–water partition coefficient (Wildman–Crippen LogP) is 11.8. The summed E-state index contributed by atoms with van der Waals surface area (Å²) in [6.45, 7) is 0.128.